The predicted octanol–water partition coefficient (Wildman–Crippen LogP) is 2.81. The van der Waals surface area contributed by atoms with Gasteiger partial charge in [-0.3, -0.25) is 0 Å². The molecule has 104 valence electrons. The molecule has 0 radical (unpaired) electrons. The molecule has 0 N–H and O–H groups in total. The van der Waals surface area contributed by atoms with Gasteiger partial charge in [0.2, 0.25) is 0 Å². The Kier molecular flexibility index (Phi) is 3.85. The van der Waals surface area contributed by atoms with Crippen molar-refractivity contribution in [2.24, 2.45) is 5.41 Å². The molecule has 0 atom stereocenters. The standard InChI is InChI=1S/C14H25NO3/c1-13(2,3)18-12(16)15-8-4-5-14(11-15)6-9-17-10-7-14/h4-11H2,1-3H3. The zero-order chi connectivity index (χ0) is 13.2. The van der Waals surface area contributed by atoms with E-state index in [-0.39, 0.29) is 11.5 Å². The largest absolute Gasteiger partial charge is 0.444 e. The van der Waals surface area contributed by atoms with Gasteiger partial charge in [0.1, 0.15) is 5.60 Å². The van der Waals surface area contributed by atoms with Crippen molar-refractivity contribution in [1.29, 1.82) is 0 Å². The van der Waals surface area contributed by atoms with Crippen molar-refractivity contribution in [2.75, 3.05) is 26.3 Å². The van der Waals surface area contributed by atoms with Gasteiger partial charge in [0.15, 0.2) is 0 Å². The monoisotopic (exact) mass is 255 g/mol. The van der Waals surface area contributed by atoms with Crippen LogP contribution in [0.15, 0.2) is 0 Å². The first-order valence-corrected chi connectivity index (χ1v) is 6.96. The summed E-state index contributed by atoms with van der Waals surface area (Å²) >= 11 is 0. The molecule has 2 rings (SSSR count). The van der Waals surface area contributed by atoms with Gasteiger partial charge in [0.05, 0.1) is 0 Å². The molecule has 1 amide bonds. The Labute approximate surface area is 110 Å². The predicted molar refractivity (Wildman–Crippen MR) is 69.5 cm³/mol. The van der Waals surface area contributed by atoms with Gasteiger partial charge in [-0.15, -0.1) is 0 Å². The van der Waals surface area contributed by atoms with Crippen LogP contribution in [0.4, 0.5) is 4.79 Å². The van der Waals surface area contributed by atoms with Gasteiger partial charge in [-0.25, -0.2) is 4.79 Å². The average molecular weight is 255 g/mol. The number of rotatable bonds is 0. The highest BCUT2D eigenvalue weighted by Crippen LogP contribution is 2.39. The number of piperidine rings is 1. The van der Waals surface area contributed by atoms with Crippen LogP contribution in [-0.2, 0) is 9.47 Å². The molecule has 0 aromatic heterocycles. The number of likely N-dealkylation sites (tertiary alicyclic amines) is 1. The summed E-state index contributed by atoms with van der Waals surface area (Å²) in [7, 11) is 0. The summed E-state index contributed by atoms with van der Waals surface area (Å²) in [6.45, 7) is 9.09. The third kappa shape index (κ3) is 3.37. The van der Waals surface area contributed by atoms with Crippen LogP contribution in [0.5, 0.6) is 0 Å². The smallest absolute Gasteiger partial charge is 0.410 e. The molecule has 0 aromatic rings. The summed E-state index contributed by atoms with van der Waals surface area (Å²) in [5.41, 5.74) is -0.120. The Morgan fingerprint density at radius 3 is 2.50 bits per heavy atom. The number of hydrogen-bond donors (Lipinski definition) is 0. The summed E-state index contributed by atoms with van der Waals surface area (Å²) in [5.74, 6) is 0. The molecule has 2 aliphatic rings. The Morgan fingerprint density at radius 2 is 1.89 bits per heavy atom. The number of hydrogen-bond acceptors (Lipinski definition) is 3. The van der Waals surface area contributed by atoms with Crippen LogP contribution in [0.3, 0.4) is 0 Å². The zero-order valence-corrected chi connectivity index (χ0v) is 11.8. The lowest BCUT2D eigenvalue weighted by Crippen LogP contribution is -2.49. The van der Waals surface area contributed by atoms with E-state index >= 15 is 0 Å². The molecule has 0 aromatic carbocycles. The minimum absolute atomic E-state index is 0.159. The van der Waals surface area contributed by atoms with E-state index in [1.165, 1.54) is 6.42 Å². The quantitative estimate of drug-likeness (QED) is 0.668. The minimum Gasteiger partial charge on any atom is -0.444 e. The van der Waals surface area contributed by atoms with E-state index in [9.17, 15) is 4.79 Å². The molecule has 2 saturated heterocycles. The van der Waals surface area contributed by atoms with Crippen molar-refractivity contribution < 1.29 is 14.3 Å². The third-order valence-corrected chi connectivity index (χ3v) is 3.87. The molecular formula is C14H25NO3. The molecule has 18 heavy (non-hydrogen) atoms. The summed E-state index contributed by atoms with van der Waals surface area (Å²) in [6, 6.07) is 0. The average Bonchev–Trinajstić information content (AvgIpc) is 2.28. The van der Waals surface area contributed by atoms with Gasteiger partial charge in [-0.1, -0.05) is 0 Å². The van der Waals surface area contributed by atoms with Crippen molar-refractivity contribution >= 4 is 6.09 Å². The molecule has 0 saturated carbocycles. The number of ether oxygens (including phenoxy) is 2. The fraction of sp³-hybridized carbons (Fsp3) is 0.929. The second-order valence-corrected chi connectivity index (χ2v) is 6.62. The van der Waals surface area contributed by atoms with E-state index in [4.69, 9.17) is 9.47 Å². The SMILES string of the molecule is CC(C)(C)OC(=O)N1CCCC2(CCOCC2)C1. The highest BCUT2D eigenvalue weighted by Gasteiger charge is 2.39. The summed E-state index contributed by atoms with van der Waals surface area (Å²) < 4.78 is 10.9. The Bertz CT molecular complexity index is 297. The molecular weight excluding hydrogens is 230 g/mol. The second-order valence-electron chi connectivity index (χ2n) is 6.62. The minimum atomic E-state index is -0.405. The maximum atomic E-state index is 12.1. The first kappa shape index (κ1) is 13.7. The number of carbonyl (C=O) groups is 1. The second kappa shape index (κ2) is 5.08. The topological polar surface area (TPSA) is 38.8 Å². The van der Waals surface area contributed by atoms with Gasteiger partial charge < -0.3 is 14.4 Å². The van der Waals surface area contributed by atoms with Crippen LogP contribution in [-0.4, -0.2) is 42.9 Å². The third-order valence-electron chi connectivity index (χ3n) is 3.87. The number of amides is 1. The molecule has 4 nitrogen and oxygen atoms in total. The first-order valence-electron chi connectivity index (χ1n) is 6.96. The van der Waals surface area contributed by atoms with E-state index in [1.807, 2.05) is 25.7 Å². The summed E-state index contributed by atoms with van der Waals surface area (Å²) in [4.78, 5) is 14.0. The van der Waals surface area contributed by atoms with Crippen molar-refractivity contribution in [3.8, 4) is 0 Å². The van der Waals surface area contributed by atoms with Crippen molar-refractivity contribution in [2.45, 2.75) is 52.1 Å². The molecule has 2 fully saturated rings. The van der Waals surface area contributed by atoms with Gasteiger partial charge >= 0.3 is 6.09 Å². The van der Waals surface area contributed by atoms with Crippen LogP contribution in [0.2, 0.25) is 0 Å². The van der Waals surface area contributed by atoms with Crippen LogP contribution in [0.25, 0.3) is 0 Å². The first-order chi connectivity index (χ1) is 8.40. The highest BCUT2D eigenvalue weighted by atomic mass is 16.6. The molecule has 1 spiro atoms. The molecule has 0 bridgehead atoms. The lowest BCUT2D eigenvalue weighted by atomic mass is 9.74. The fourth-order valence-corrected chi connectivity index (χ4v) is 2.90. The van der Waals surface area contributed by atoms with Crippen LogP contribution >= 0.6 is 0 Å². The molecule has 2 heterocycles. The Morgan fingerprint density at radius 1 is 1.22 bits per heavy atom. The summed E-state index contributed by atoms with van der Waals surface area (Å²) in [5, 5.41) is 0. The van der Waals surface area contributed by atoms with Crippen molar-refractivity contribution in [3.05, 3.63) is 0 Å². The van der Waals surface area contributed by atoms with E-state index in [1.54, 1.807) is 0 Å². The van der Waals surface area contributed by atoms with Crippen molar-refractivity contribution in [1.82, 2.24) is 4.90 Å². The van der Waals surface area contributed by atoms with Crippen LogP contribution in [0.1, 0.15) is 46.5 Å². The maximum absolute atomic E-state index is 12.1. The van der Waals surface area contributed by atoms with E-state index < -0.39 is 5.60 Å². The molecule has 0 aliphatic carbocycles. The van der Waals surface area contributed by atoms with E-state index in [0.717, 1.165) is 45.6 Å². The van der Waals surface area contributed by atoms with Gasteiger partial charge in [0, 0.05) is 26.3 Å². The van der Waals surface area contributed by atoms with Gasteiger partial charge in [-0.2, -0.15) is 0 Å². The zero-order valence-electron chi connectivity index (χ0n) is 11.8. The lowest BCUT2D eigenvalue weighted by Gasteiger charge is -2.45. The lowest BCUT2D eigenvalue weighted by molar-refractivity contribution is -0.0377. The molecule has 4 heteroatoms. The number of carbonyl (C=O) groups excluding carboxylic acids is 1. The highest BCUT2D eigenvalue weighted by molar-refractivity contribution is 5.68. The number of nitrogens with zero attached hydrogens (tertiary/aromatic N) is 1. The molecule has 0 unspecified atom stereocenters. The van der Waals surface area contributed by atoms with Crippen molar-refractivity contribution in [3.63, 3.8) is 0 Å². The van der Waals surface area contributed by atoms with Gasteiger partial charge in [-0.05, 0) is 51.9 Å². The summed E-state index contributed by atoms with van der Waals surface area (Å²) in [6.07, 6.45) is 4.29. The van der Waals surface area contributed by atoms with E-state index in [0.29, 0.717) is 0 Å². The van der Waals surface area contributed by atoms with E-state index in [2.05, 4.69) is 0 Å². The van der Waals surface area contributed by atoms with Crippen LogP contribution in [0, 0.1) is 5.41 Å². The molecule has 2 aliphatic heterocycles. The Hall–Kier alpha value is -0.770. The van der Waals surface area contributed by atoms with Crippen LogP contribution < -0.4 is 0 Å². The Balaban J connectivity index is 1.95. The maximum Gasteiger partial charge on any atom is 0.410 e. The van der Waals surface area contributed by atoms with Gasteiger partial charge in [0.25, 0.3) is 0 Å². The normalized spacial score (nSPS) is 24.1. The fourth-order valence-electron chi connectivity index (χ4n) is 2.90.